The second kappa shape index (κ2) is 17.7. The summed E-state index contributed by atoms with van der Waals surface area (Å²) >= 11 is 0. The van der Waals surface area contributed by atoms with Gasteiger partial charge in [-0.05, 0) is 48.9 Å². The van der Waals surface area contributed by atoms with Crippen LogP contribution in [0.1, 0.15) is 73.6 Å². The third-order valence-electron chi connectivity index (χ3n) is 7.80. The summed E-state index contributed by atoms with van der Waals surface area (Å²) in [7, 11) is 0. The van der Waals surface area contributed by atoms with Gasteiger partial charge in [-0.2, -0.15) is 0 Å². The molecule has 5 rings (SSSR count). The van der Waals surface area contributed by atoms with Crippen LogP contribution < -0.4 is 0 Å². The maximum Gasteiger partial charge on any atom is 0.258 e. The van der Waals surface area contributed by atoms with Gasteiger partial charge in [0, 0.05) is 24.7 Å². The van der Waals surface area contributed by atoms with Gasteiger partial charge in [0.25, 0.3) is 11.8 Å². The maximum atomic E-state index is 13.9. The molecule has 0 saturated heterocycles. The number of aliphatic hydroxyl groups excluding tert-OH is 1. The van der Waals surface area contributed by atoms with E-state index in [-0.39, 0.29) is 24.7 Å². The van der Waals surface area contributed by atoms with Gasteiger partial charge in [-0.1, -0.05) is 134 Å². The summed E-state index contributed by atoms with van der Waals surface area (Å²) in [6.07, 6.45) is 2.31. The molecule has 1 radical (unpaired) electrons. The number of nitrogens with zero attached hydrogens (tertiary/aromatic N) is 2. The average molecular weight is 646 g/mol. The molecule has 4 aromatic carbocycles. The third kappa shape index (κ3) is 9.39. The number of aliphatic hydroxyl groups is 1. The summed E-state index contributed by atoms with van der Waals surface area (Å²) in [6, 6.07) is 35.9. The van der Waals surface area contributed by atoms with Crippen LogP contribution in [0.15, 0.2) is 121 Å². The normalized spacial score (nSPS) is 15.9. The van der Waals surface area contributed by atoms with Crippen LogP contribution in [0.3, 0.4) is 0 Å². The molecule has 1 fully saturated rings. The fourth-order valence-electron chi connectivity index (χ4n) is 5.79. The molecule has 4 aromatic rings. The Labute approximate surface area is 277 Å². The van der Waals surface area contributed by atoms with Gasteiger partial charge in [-0.25, -0.2) is 10.1 Å². The molecule has 7 nitrogen and oxygen atoms in total. The molecule has 3 N–H and O–H groups in total. The monoisotopic (exact) mass is 645 g/mol. The van der Waals surface area contributed by atoms with Crippen molar-refractivity contribution >= 4 is 11.8 Å². The molecule has 2 amide bonds. The van der Waals surface area contributed by atoms with Crippen LogP contribution in [0.2, 0.25) is 0 Å². The summed E-state index contributed by atoms with van der Waals surface area (Å²) in [5, 5.41) is 32.5. The molecule has 8 heteroatoms. The minimum absolute atomic E-state index is 0. The van der Waals surface area contributed by atoms with Crippen LogP contribution in [0.5, 0.6) is 0 Å². The van der Waals surface area contributed by atoms with E-state index in [4.69, 9.17) is 5.11 Å². The van der Waals surface area contributed by atoms with E-state index in [1.165, 1.54) is 0 Å². The Bertz CT molecular complexity index is 1250. The second-order valence-corrected chi connectivity index (χ2v) is 11.4. The minimum atomic E-state index is -0.752. The van der Waals surface area contributed by atoms with E-state index in [2.05, 4.69) is 0 Å². The average Bonchev–Trinajstić information content (AvgIpc) is 3.06. The van der Waals surface area contributed by atoms with Crippen molar-refractivity contribution in [1.82, 2.24) is 10.1 Å². The SMILES string of the molecule is CC(C)O.O=C(C(c1ccccc1)c1ccccc1)N(O)[C@H]1CCCC[C@@H]1N(O)C(=O)C(c1ccccc1)c1ccccc1.[V]. The van der Waals surface area contributed by atoms with Crippen molar-refractivity contribution in [3.8, 4) is 0 Å². The maximum absolute atomic E-state index is 13.9. The molecule has 0 unspecified atom stereocenters. The molecule has 1 aliphatic carbocycles. The number of hydrogen-bond donors (Lipinski definition) is 3. The largest absolute Gasteiger partial charge is 0.394 e. The molecule has 1 aliphatic rings. The Kier molecular flexibility index (Phi) is 14.1. The number of amides is 2. The molecule has 0 heterocycles. The molecule has 0 bridgehead atoms. The van der Waals surface area contributed by atoms with Crippen molar-refractivity contribution in [2.45, 2.75) is 69.6 Å². The van der Waals surface area contributed by atoms with E-state index < -0.39 is 35.7 Å². The second-order valence-electron chi connectivity index (χ2n) is 11.4. The van der Waals surface area contributed by atoms with Crippen molar-refractivity contribution in [3.63, 3.8) is 0 Å². The Hall–Kier alpha value is -3.72. The van der Waals surface area contributed by atoms with Crippen LogP contribution >= 0.6 is 0 Å². The Balaban J connectivity index is 0.00000104. The van der Waals surface area contributed by atoms with E-state index >= 15 is 0 Å². The Morgan fingerprint density at radius 2 is 0.778 bits per heavy atom. The van der Waals surface area contributed by atoms with Crippen LogP contribution in [0, 0.1) is 0 Å². The zero-order chi connectivity index (χ0) is 31.5. The molecule has 0 spiro atoms. The fourth-order valence-corrected chi connectivity index (χ4v) is 5.79. The number of hydroxylamine groups is 4. The van der Waals surface area contributed by atoms with E-state index in [0.717, 1.165) is 45.2 Å². The fraction of sp³-hybridized carbons (Fsp3) is 0.297. The third-order valence-corrected chi connectivity index (χ3v) is 7.80. The van der Waals surface area contributed by atoms with Crippen LogP contribution in [-0.2, 0) is 28.1 Å². The number of carbonyl (C=O) groups excluding carboxylic acids is 2. The number of benzene rings is 4. The van der Waals surface area contributed by atoms with Crippen molar-refractivity contribution in [3.05, 3.63) is 144 Å². The molecular formula is C37H42N2O5V. The van der Waals surface area contributed by atoms with Crippen LogP contribution in [-0.4, -0.2) is 55.6 Å². The van der Waals surface area contributed by atoms with Gasteiger partial charge in [0.05, 0.1) is 23.9 Å². The van der Waals surface area contributed by atoms with Gasteiger partial charge in [-0.15, -0.1) is 0 Å². The molecule has 235 valence electrons. The van der Waals surface area contributed by atoms with Gasteiger partial charge in [0.1, 0.15) is 0 Å². The van der Waals surface area contributed by atoms with E-state index in [9.17, 15) is 20.0 Å². The molecule has 45 heavy (non-hydrogen) atoms. The minimum Gasteiger partial charge on any atom is -0.394 e. The summed E-state index contributed by atoms with van der Waals surface area (Å²) in [5.41, 5.74) is 3.04. The first-order chi connectivity index (χ1) is 21.3. The Morgan fingerprint density at radius 1 is 0.556 bits per heavy atom. The van der Waals surface area contributed by atoms with E-state index in [0.29, 0.717) is 12.8 Å². The molecule has 2 atom stereocenters. The summed E-state index contributed by atoms with van der Waals surface area (Å²) in [4.78, 5) is 27.9. The van der Waals surface area contributed by atoms with Crippen LogP contribution in [0.25, 0.3) is 0 Å². The molecule has 1 saturated carbocycles. The summed E-state index contributed by atoms with van der Waals surface area (Å²) in [5.74, 6) is -2.42. The zero-order valence-corrected chi connectivity index (χ0v) is 27.2. The Morgan fingerprint density at radius 3 is 1.00 bits per heavy atom. The van der Waals surface area contributed by atoms with E-state index in [1.807, 2.05) is 121 Å². The van der Waals surface area contributed by atoms with Gasteiger partial charge >= 0.3 is 0 Å². The number of rotatable bonds is 8. The van der Waals surface area contributed by atoms with Crippen molar-refractivity contribution in [2.75, 3.05) is 0 Å². The molecule has 0 aromatic heterocycles. The van der Waals surface area contributed by atoms with Gasteiger partial charge in [-0.3, -0.25) is 20.0 Å². The molecular weight excluding hydrogens is 603 g/mol. The molecule has 0 aliphatic heterocycles. The van der Waals surface area contributed by atoms with Gasteiger partial charge < -0.3 is 5.11 Å². The van der Waals surface area contributed by atoms with Crippen molar-refractivity contribution < 1.29 is 43.7 Å². The number of hydrogen-bond acceptors (Lipinski definition) is 5. The van der Waals surface area contributed by atoms with Crippen molar-refractivity contribution in [1.29, 1.82) is 0 Å². The first kappa shape index (κ1) is 35.8. The summed E-state index contributed by atoms with van der Waals surface area (Å²) in [6.45, 7) is 3.44. The quantitative estimate of drug-likeness (QED) is 0.145. The predicted molar refractivity (Wildman–Crippen MR) is 170 cm³/mol. The van der Waals surface area contributed by atoms with Crippen LogP contribution in [0.4, 0.5) is 0 Å². The summed E-state index contributed by atoms with van der Waals surface area (Å²) < 4.78 is 0. The van der Waals surface area contributed by atoms with Crippen molar-refractivity contribution in [2.24, 2.45) is 0 Å². The topological polar surface area (TPSA) is 101 Å². The van der Waals surface area contributed by atoms with E-state index in [1.54, 1.807) is 13.8 Å². The zero-order valence-electron chi connectivity index (χ0n) is 25.8. The smallest absolute Gasteiger partial charge is 0.258 e. The standard InChI is InChI=1S/C34H34N2O4.C3H8O.V/c37-33(31(25-15-5-1-6-16-25)26-17-7-2-8-18-26)35(39)29-23-13-14-24-30(29)36(40)34(38)32(27-19-9-3-10-20-27)28-21-11-4-12-22-28;1-3(2)4;/h1-12,15-22,29-32,39-40H,13-14,23-24H2;3-4H,1-2H3;/t29-,30-;;/m0../s1. The van der Waals surface area contributed by atoms with Gasteiger partial charge in [0.15, 0.2) is 0 Å². The van der Waals surface area contributed by atoms with Gasteiger partial charge in [0.2, 0.25) is 0 Å². The predicted octanol–water partition coefficient (Wildman–Crippen LogP) is 6.78. The first-order valence-corrected chi connectivity index (χ1v) is 15.2. The number of carbonyl (C=O) groups is 2. The first-order valence-electron chi connectivity index (χ1n) is 15.2.